The Morgan fingerprint density at radius 3 is 1.68 bits per heavy atom. The maximum absolute atomic E-state index is 12.4. The Hall–Kier alpha value is -2.29. The van der Waals surface area contributed by atoms with Crippen molar-refractivity contribution in [2.45, 2.75) is 78.4 Å². The third-order valence-corrected chi connectivity index (χ3v) is 5.06. The highest BCUT2D eigenvalue weighted by Gasteiger charge is 2.25. The highest BCUT2D eigenvalue weighted by atomic mass is 16.6. The van der Waals surface area contributed by atoms with Crippen LogP contribution in [0.2, 0.25) is 0 Å². The number of carbonyl (C=O) groups excluding carboxylic acids is 1. The van der Waals surface area contributed by atoms with Crippen LogP contribution in [0, 0.1) is 0 Å². The lowest BCUT2D eigenvalue weighted by Gasteiger charge is -2.27. The monoisotopic (exact) mass is 382 g/mol. The smallest absolute Gasteiger partial charge is 0.338 e. The highest BCUT2D eigenvalue weighted by molar-refractivity contribution is 5.89. The Labute approximate surface area is 170 Å². The van der Waals surface area contributed by atoms with Gasteiger partial charge in [0.1, 0.15) is 17.0 Å². The van der Waals surface area contributed by atoms with Gasteiger partial charge in [-0.1, -0.05) is 45.0 Å². The molecule has 0 radical (unpaired) electrons. The van der Waals surface area contributed by atoms with Crippen molar-refractivity contribution in [2.75, 3.05) is 0 Å². The summed E-state index contributed by atoms with van der Waals surface area (Å²) in [6.45, 7) is 16.3. The summed E-state index contributed by atoms with van der Waals surface area (Å²) in [5.74, 6) is 0.587. The molecule has 0 aliphatic rings. The van der Waals surface area contributed by atoms with Gasteiger partial charge in [-0.05, 0) is 76.4 Å². The Bertz CT molecular complexity index is 791. The van der Waals surface area contributed by atoms with E-state index in [9.17, 15) is 4.79 Å². The predicted octanol–water partition coefficient (Wildman–Crippen LogP) is 6.54. The molecule has 0 aromatic heterocycles. The summed E-state index contributed by atoms with van der Waals surface area (Å²) in [6, 6.07) is 16.0. The van der Waals surface area contributed by atoms with Crippen molar-refractivity contribution in [3.05, 3.63) is 65.2 Å². The van der Waals surface area contributed by atoms with Crippen LogP contribution in [0.25, 0.3) is 0 Å². The van der Waals surface area contributed by atoms with E-state index in [0.29, 0.717) is 5.56 Å². The number of benzene rings is 2. The van der Waals surface area contributed by atoms with Crippen LogP contribution in [0.4, 0.5) is 0 Å². The minimum Gasteiger partial charge on any atom is -0.488 e. The third-order valence-electron chi connectivity index (χ3n) is 5.06. The van der Waals surface area contributed by atoms with Gasteiger partial charge in [0, 0.05) is 5.41 Å². The molecular weight excluding hydrogens is 348 g/mol. The van der Waals surface area contributed by atoms with Crippen LogP contribution in [0.5, 0.6) is 5.75 Å². The molecular formula is C25H34O3. The van der Waals surface area contributed by atoms with Gasteiger partial charge in [-0.25, -0.2) is 4.79 Å². The first-order chi connectivity index (χ1) is 12.8. The van der Waals surface area contributed by atoms with Gasteiger partial charge in [-0.3, -0.25) is 0 Å². The second-order valence-corrected chi connectivity index (χ2v) is 9.44. The average Bonchev–Trinajstić information content (AvgIpc) is 2.60. The second kappa shape index (κ2) is 7.98. The van der Waals surface area contributed by atoms with E-state index in [1.165, 1.54) is 5.56 Å². The summed E-state index contributed by atoms with van der Waals surface area (Å²) < 4.78 is 11.5. The number of rotatable bonds is 6. The fraction of sp³-hybridized carbons (Fsp3) is 0.480. The average molecular weight is 383 g/mol. The first-order valence-corrected chi connectivity index (χ1v) is 9.97. The fourth-order valence-electron chi connectivity index (χ4n) is 2.86. The summed E-state index contributed by atoms with van der Waals surface area (Å²) in [4.78, 5) is 12.4. The molecule has 3 nitrogen and oxygen atoms in total. The molecule has 0 atom stereocenters. The van der Waals surface area contributed by atoms with E-state index >= 15 is 0 Å². The van der Waals surface area contributed by atoms with E-state index in [2.05, 4.69) is 26.0 Å². The van der Waals surface area contributed by atoms with Crippen molar-refractivity contribution < 1.29 is 14.3 Å². The minimum absolute atomic E-state index is 0.189. The lowest BCUT2D eigenvalue weighted by atomic mass is 9.78. The van der Waals surface area contributed by atoms with Gasteiger partial charge in [-0.15, -0.1) is 0 Å². The normalized spacial score (nSPS) is 12.6. The first-order valence-electron chi connectivity index (χ1n) is 9.97. The van der Waals surface area contributed by atoms with Crippen molar-refractivity contribution >= 4 is 5.97 Å². The second-order valence-electron chi connectivity index (χ2n) is 9.44. The maximum Gasteiger partial charge on any atom is 0.338 e. The van der Waals surface area contributed by atoms with Gasteiger partial charge in [0.15, 0.2) is 0 Å². The number of hydrogen-bond acceptors (Lipinski definition) is 3. The Morgan fingerprint density at radius 1 is 0.786 bits per heavy atom. The van der Waals surface area contributed by atoms with E-state index in [1.807, 2.05) is 77.9 Å². The van der Waals surface area contributed by atoms with Crippen LogP contribution in [0.15, 0.2) is 48.5 Å². The summed E-state index contributed by atoms with van der Waals surface area (Å²) >= 11 is 0. The van der Waals surface area contributed by atoms with Crippen LogP contribution in [-0.4, -0.2) is 17.2 Å². The van der Waals surface area contributed by atoms with E-state index in [0.717, 1.165) is 17.7 Å². The maximum atomic E-state index is 12.4. The molecule has 0 N–H and O–H groups in total. The summed E-state index contributed by atoms with van der Waals surface area (Å²) in [7, 11) is 0. The van der Waals surface area contributed by atoms with Gasteiger partial charge in [0.2, 0.25) is 0 Å². The lowest BCUT2D eigenvalue weighted by molar-refractivity contribution is -0.00244. The molecule has 0 amide bonds. The van der Waals surface area contributed by atoms with E-state index in [-0.39, 0.29) is 17.0 Å². The molecule has 0 fully saturated rings. The zero-order valence-electron chi connectivity index (χ0n) is 18.6. The molecule has 2 rings (SSSR count). The Kier molecular flexibility index (Phi) is 6.27. The number of ether oxygens (including phenoxy) is 2. The Morgan fingerprint density at radius 2 is 1.25 bits per heavy atom. The van der Waals surface area contributed by atoms with E-state index in [4.69, 9.17) is 9.47 Å². The number of carbonyl (C=O) groups is 1. The first kappa shape index (κ1) is 22.0. The minimum atomic E-state index is -0.452. The van der Waals surface area contributed by atoms with Crippen molar-refractivity contribution in [3.8, 4) is 5.75 Å². The van der Waals surface area contributed by atoms with Crippen LogP contribution in [-0.2, 0) is 10.2 Å². The van der Waals surface area contributed by atoms with E-state index in [1.54, 1.807) is 0 Å². The van der Waals surface area contributed by atoms with Crippen molar-refractivity contribution in [1.82, 2.24) is 0 Å². The number of hydrogen-bond donors (Lipinski definition) is 0. The van der Waals surface area contributed by atoms with Crippen LogP contribution < -0.4 is 4.74 Å². The summed E-state index contributed by atoms with van der Waals surface area (Å²) in [5.41, 5.74) is 2.06. The summed E-state index contributed by atoms with van der Waals surface area (Å²) in [6.07, 6.45) is 0.777. The molecule has 0 aliphatic heterocycles. The molecule has 2 aromatic rings. The Balaban J connectivity index is 2.18. The van der Waals surface area contributed by atoms with E-state index < -0.39 is 5.60 Å². The van der Waals surface area contributed by atoms with Gasteiger partial charge in [0.25, 0.3) is 0 Å². The van der Waals surface area contributed by atoms with Crippen molar-refractivity contribution in [1.29, 1.82) is 0 Å². The van der Waals surface area contributed by atoms with Crippen LogP contribution >= 0.6 is 0 Å². The molecule has 28 heavy (non-hydrogen) atoms. The van der Waals surface area contributed by atoms with Crippen LogP contribution in [0.3, 0.4) is 0 Å². The summed E-state index contributed by atoms with van der Waals surface area (Å²) in [5, 5.41) is 0. The highest BCUT2D eigenvalue weighted by Crippen LogP contribution is 2.33. The molecule has 0 heterocycles. The van der Waals surface area contributed by atoms with Crippen LogP contribution in [0.1, 0.15) is 83.3 Å². The molecule has 0 spiro atoms. The fourth-order valence-corrected chi connectivity index (χ4v) is 2.86. The topological polar surface area (TPSA) is 35.5 Å². The SMILES string of the molecule is CCC(C)(C)OC(=O)c1ccc(C(C)(C)c2ccc(OC(C)(C)C)cc2)cc1. The third kappa shape index (κ3) is 5.60. The van der Waals surface area contributed by atoms with Gasteiger partial charge >= 0.3 is 5.97 Å². The molecule has 152 valence electrons. The quantitative estimate of drug-likeness (QED) is 0.532. The predicted molar refractivity (Wildman–Crippen MR) is 115 cm³/mol. The zero-order valence-corrected chi connectivity index (χ0v) is 18.6. The molecule has 2 aromatic carbocycles. The molecule has 0 aliphatic carbocycles. The van der Waals surface area contributed by atoms with Gasteiger partial charge < -0.3 is 9.47 Å². The standard InChI is InChI=1S/C25H34O3/c1-9-24(5,6)28-22(26)18-10-12-19(13-11-18)25(7,8)20-14-16-21(17-15-20)27-23(2,3)4/h10-17H,9H2,1-8H3. The van der Waals surface area contributed by atoms with Crippen molar-refractivity contribution in [3.63, 3.8) is 0 Å². The molecule has 0 saturated heterocycles. The molecule has 0 unspecified atom stereocenters. The molecule has 3 heteroatoms. The zero-order chi connectivity index (χ0) is 21.2. The lowest BCUT2D eigenvalue weighted by Crippen LogP contribution is -2.27. The number of esters is 1. The largest absolute Gasteiger partial charge is 0.488 e. The van der Waals surface area contributed by atoms with Gasteiger partial charge in [0.05, 0.1) is 5.56 Å². The molecule has 0 bridgehead atoms. The van der Waals surface area contributed by atoms with Gasteiger partial charge in [-0.2, -0.15) is 0 Å². The molecule has 0 saturated carbocycles. The van der Waals surface area contributed by atoms with Crippen molar-refractivity contribution in [2.24, 2.45) is 0 Å².